The number of hydrogen-bond donors (Lipinski definition) is 1. The third kappa shape index (κ3) is 3.52. The quantitative estimate of drug-likeness (QED) is 0.805. The third-order valence-corrected chi connectivity index (χ3v) is 3.18. The van der Waals surface area contributed by atoms with Crippen molar-refractivity contribution in [1.82, 2.24) is 0 Å². The number of ether oxygens (including phenoxy) is 1. The van der Waals surface area contributed by atoms with Crippen molar-refractivity contribution in [3.63, 3.8) is 0 Å². The molecule has 1 heterocycles. The van der Waals surface area contributed by atoms with Gasteiger partial charge in [-0.15, -0.1) is 11.3 Å². The molecule has 4 heteroatoms. The lowest BCUT2D eigenvalue weighted by Gasteiger charge is -2.06. The van der Waals surface area contributed by atoms with Gasteiger partial charge in [0, 0.05) is 4.88 Å². The van der Waals surface area contributed by atoms with Gasteiger partial charge in [0.05, 0.1) is 11.7 Å². The van der Waals surface area contributed by atoms with Crippen LogP contribution in [0.2, 0.25) is 0 Å². The number of unbranched alkanes of at least 4 members (excludes halogenated alkanes) is 1. The second-order valence-electron chi connectivity index (χ2n) is 4.05. The smallest absolute Gasteiger partial charge is 0.341 e. The molecule has 2 N–H and O–H groups in total. The fourth-order valence-corrected chi connectivity index (χ4v) is 2.33. The normalized spacial score (nSPS) is 10.8. The zero-order valence-electron chi connectivity index (χ0n) is 10.1. The van der Waals surface area contributed by atoms with Gasteiger partial charge in [0.2, 0.25) is 0 Å². The van der Waals surface area contributed by atoms with Crippen molar-refractivity contribution < 1.29 is 9.53 Å². The summed E-state index contributed by atoms with van der Waals surface area (Å²) in [6, 6.07) is 1.86. The van der Waals surface area contributed by atoms with Crippen LogP contribution in [0.3, 0.4) is 0 Å². The van der Waals surface area contributed by atoms with Gasteiger partial charge in [-0.05, 0) is 32.8 Å². The van der Waals surface area contributed by atoms with Crippen LogP contribution in [-0.4, -0.2) is 12.1 Å². The van der Waals surface area contributed by atoms with E-state index in [9.17, 15) is 4.79 Å². The second kappa shape index (κ2) is 5.89. The molecule has 90 valence electrons. The molecule has 0 radical (unpaired) electrons. The van der Waals surface area contributed by atoms with Crippen LogP contribution in [0.4, 0.5) is 5.00 Å². The Morgan fingerprint density at radius 3 is 2.81 bits per heavy atom. The van der Waals surface area contributed by atoms with Crippen LogP contribution in [0.5, 0.6) is 0 Å². The highest BCUT2D eigenvalue weighted by atomic mass is 32.1. The molecular weight excluding hydrogens is 222 g/mol. The van der Waals surface area contributed by atoms with Crippen LogP contribution in [0.15, 0.2) is 6.07 Å². The van der Waals surface area contributed by atoms with E-state index in [4.69, 9.17) is 10.5 Å². The number of aryl methyl sites for hydroxylation is 1. The summed E-state index contributed by atoms with van der Waals surface area (Å²) in [5, 5.41) is 0.566. The number of carbonyl (C=O) groups is 1. The summed E-state index contributed by atoms with van der Waals surface area (Å²) in [5.41, 5.74) is 6.33. The van der Waals surface area contributed by atoms with Crippen molar-refractivity contribution in [2.75, 3.05) is 5.73 Å². The molecule has 0 aliphatic carbocycles. The maximum Gasteiger partial charge on any atom is 0.341 e. The first-order valence-electron chi connectivity index (χ1n) is 5.63. The Balaban J connectivity index is 2.72. The first-order valence-corrected chi connectivity index (χ1v) is 6.45. The molecule has 0 saturated carbocycles. The van der Waals surface area contributed by atoms with Crippen molar-refractivity contribution in [3.05, 3.63) is 16.5 Å². The molecule has 16 heavy (non-hydrogen) atoms. The molecule has 1 aromatic rings. The van der Waals surface area contributed by atoms with Gasteiger partial charge in [-0.3, -0.25) is 0 Å². The highest BCUT2D eigenvalue weighted by Gasteiger charge is 2.16. The lowest BCUT2D eigenvalue weighted by molar-refractivity contribution is 0.0379. The molecule has 0 atom stereocenters. The van der Waals surface area contributed by atoms with Crippen LogP contribution in [-0.2, 0) is 11.2 Å². The predicted octanol–water partition coefficient (Wildman–Crippen LogP) is 3.24. The maximum atomic E-state index is 11.7. The molecule has 0 unspecified atom stereocenters. The van der Waals surface area contributed by atoms with E-state index in [2.05, 4.69) is 6.92 Å². The van der Waals surface area contributed by atoms with Crippen LogP contribution in [0, 0.1) is 0 Å². The molecule has 3 nitrogen and oxygen atoms in total. The van der Waals surface area contributed by atoms with Gasteiger partial charge in [0.25, 0.3) is 0 Å². The molecule has 1 rings (SSSR count). The second-order valence-corrected chi connectivity index (χ2v) is 5.22. The standard InChI is InChI=1S/C12H19NO2S/c1-4-5-6-9-7-10(11(13)16-9)12(14)15-8(2)3/h7-8H,4-6,13H2,1-3H3. The van der Waals surface area contributed by atoms with Gasteiger partial charge in [0.1, 0.15) is 5.00 Å². The van der Waals surface area contributed by atoms with Crippen LogP contribution in [0.25, 0.3) is 0 Å². The van der Waals surface area contributed by atoms with E-state index < -0.39 is 0 Å². The number of nitrogens with two attached hydrogens (primary N) is 1. The molecule has 0 bridgehead atoms. The minimum Gasteiger partial charge on any atom is -0.459 e. The number of thiophene rings is 1. The Morgan fingerprint density at radius 2 is 2.25 bits per heavy atom. The third-order valence-electron chi connectivity index (χ3n) is 2.15. The van der Waals surface area contributed by atoms with E-state index in [0.717, 1.165) is 24.1 Å². The topological polar surface area (TPSA) is 52.3 Å². The largest absolute Gasteiger partial charge is 0.459 e. The van der Waals surface area contributed by atoms with E-state index >= 15 is 0 Å². The van der Waals surface area contributed by atoms with Gasteiger partial charge in [-0.1, -0.05) is 13.3 Å². The lowest BCUT2D eigenvalue weighted by atomic mass is 10.2. The molecule has 0 aliphatic heterocycles. The Kier molecular flexibility index (Phi) is 4.80. The summed E-state index contributed by atoms with van der Waals surface area (Å²) in [4.78, 5) is 12.8. The highest BCUT2D eigenvalue weighted by Crippen LogP contribution is 2.27. The zero-order valence-corrected chi connectivity index (χ0v) is 10.9. The molecule has 0 amide bonds. The minimum absolute atomic E-state index is 0.106. The van der Waals surface area contributed by atoms with Crippen molar-refractivity contribution in [2.24, 2.45) is 0 Å². The number of anilines is 1. The Bertz CT molecular complexity index is 358. The van der Waals surface area contributed by atoms with E-state index in [1.54, 1.807) is 0 Å². The van der Waals surface area contributed by atoms with Crippen molar-refractivity contribution in [3.8, 4) is 0 Å². The first-order chi connectivity index (χ1) is 7.54. The van der Waals surface area contributed by atoms with Gasteiger partial charge >= 0.3 is 5.97 Å². The molecule has 0 aliphatic rings. The predicted molar refractivity (Wildman–Crippen MR) is 67.9 cm³/mol. The summed E-state index contributed by atoms with van der Waals surface area (Å²) in [7, 11) is 0. The van der Waals surface area contributed by atoms with Gasteiger partial charge < -0.3 is 10.5 Å². The number of carbonyl (C=O) groups excluding carboxylic acids is 1. The minimum atomic E-state index is -0.313. The van der Waals surface area contributed by atoms with E-state index in [-0.39, 0.29) is 12.1 Å². The fourth-order valence-electron chi connectivity index (χ4n) is 1.37. The number of rotatable bonds is 5. The Morgan fingerprint density at radius 1 is 1.56 bits per heavy atom. The van der Waals surface area contributed by atoms with E-state index in [1.807, 2.05) is 19.9 Å². The van der Waals surface area contributed by atoms with Crippen LogP contribution in [0.1, 0.15) is 48.8 Å². The molecular formula is C12H19NO2S. The summed E-state index contributed by atoms with van der Waals surface area (Å²) in [5.74, 6) is -0.313. The van der Waals surface area contributed by atoms with E-state index in [0.29, 0.717) is 10.6 Å². The first kappa shape index (κ1) is 13.0. The summed E-state index contributed by atoms with van der Waals surface area (Å²) >= 11 is 1.49. The van der Waals surface area contributed by atoms with Gasteiger partial charge in [0.15, 0.2) is 0 Å². The number of hydrogen-bond acceptors (Lipinski definition) is 4. The maximum absolute atomic E-state index is 11.7. The molecule has 0 fully saturated rings. The van der Waals surface area contributed by atoms with Gasteiger partial charge in [-0.25, -0.2) is 4.79 Å². The lowest BCUT2D eigenvalue weighted by Crippen LogP contribution is -2.12. The van der Waals surface area contributed by atoms with Crippen molar-refractivity contribution in [1.29, 1.82) is 0 Å². The van der Waals surface area contributed by atoms with Crippen LogP contribution < -0.4 is 5.73 Å². The average Bonchev–Trinajstić information content (AvgIpc) is 2.55. The summed E-state index contributed by atoms with van der Waals surface area (Å²) in [6.45, 7) is 5.81. The fraction of sp³-hybridized carbons (Fsp3) is 0.583. The molecule has 0 spiro atoms. The zero-order chi connectivity index (χ0) is 12.1. The number of esters is 1. The molecule has 1 aromatic heterocycles. The van der Waals surface area contributed by atoms with Crippen molar-refractivity contribution >= 4 is 22.3 Å². The SMILES string of the molecule is CCCCc1cc(C(=O)OC(C)C)c(N)s1. The molecule has 0 aromatic carbocycles. The Labute approximate surface area is 101 Å². The van der Waals surface area contributed by atoms with E-state index in [1.165, 1.54) is 11.3 Å². The monoisotopic (exact) mass is 241 g/mol. The highest BCUT2D eigenvalue weighted by molar-refractivity contribution is 7.16. The molecule has 0 saturated heterocycles. The average molecular weight is 241 g/mol. The van der Waals surface area contributed by atoms with Crippen LogP contribution >= 0.6 is 11.3 Å². The number of nitrogen functional groups attached to an aromatic ring is 1. The van der Waals surface area contributed by atoms with Crippen molar-refractivity contribution in [2.45, 2.75) is 46.1 Å². The van der Waals surface area contributed by atoms with Gasteiger partial charge in [-0.2, -0.15) is 0 Å². The summed E-state index contributed by atoms with van der Waals surface area (Å²) in [6.07, 6.45) is 3.15. The summed E-state index contributed by atoms with van der Waals surface area (Å²) < 4.78 is 5.12. The Hall–Kier alpha value is -1.03.